The van der Waals surface area contributed by atoms with E-state index in [2.05, 4.69) is 252 Å². The van der Waals surface area contributed by atoms with Crippen molar-refractivity contribution in [3.05, 3.63) is 204 Å². The van der Waals surface area contributed by atoms with E-state index in [1.807, 2.05) is 0 Å². The van der Waals surface area contributed by atoms with Crippen LogP contribution in [0.25, 0.3) is 71.7 Å². The van der Waals surface area contributed by atoms with Gasteiger partial charge in [-0.3, -0.25) is 0 Å². The molecule has 0 fully saturated rings. The molecule has 9 aromatic carbocycles. The molecule has 0 amide bonds. The highest BCUT2D eigenvalue weighted by Gasteiger charge is 2.38. The lowest BCUT2D eigenvalue weighted by Crippen LogP contribution is -2.37. The summed E-state index contributed by atoms with van der Waals surface area (Å²) in [5.74, 6) is 0. The number of benzene rings is 9. The fourth-order valence-corrected chi connectivity index (χ4v) is 11.8. The van der Waals surface area contributed by atoms with Crippen LogP contribution >= 0.6 is 0 Å². The second-order valence-electron chi connectivity index (χ2n) is 22.3. The van der Waals surface area contributed by atoms with E-state index in [0.717, 1.165) is 68.8 Å². The Morgan fingerprint density at radius 3 is 1.91 bits per heavy atom. The molecule has 70 heavy (non-hydrogen) atoms. The van der Waals surface area contributed by atoms with Gasteiger partial charge in [0, 0.05) is 72.2 Å². The molecule has 0 bridgehead atoms. The van der Waals surface area contributed by atoms with Gasteiger partial charge in [-0.2, -0.15) is 0 Å². The van der Waals surface area contributed by atoms with E-state index in [1.165, 1.54) is 71.8 Å². The van der Waals surface area contributed by atoms with Crippen LogP contribution in [0.4, 0.5) is 28.4 Å². The Bertz CT molecular complexity index is 3880. The first-order valence-corrected chi connectivity index (χ1v) is 24.9. The molecule has 0 radical (unpaired) electrons. The lowest BCUT2D eigenvalue weighted by atomic mass is 9.58. The summed E-state index contributed by atoms with van der Waals surface area (Å²) >= 11 is 0. The summed E-state index contributed by atoms with van der Waals surface area (Å²) in [6, 6.07) is 67.4. The molecule has 2 aromatic heterocycles. The van der Waals surface area contributed by atoms with Gasteiger partial charge in [0.1, 0.15) is 11.2 Å². The molecular formula is C65H56BN3O. The van der Waals surface area contributed by atoms with Crippen LogP contribution in [-0.4, -0.2) is 11.8 Å². The van der Waals surface area contributed by atoms with Crippen LogP contribution < -0.4 is 21.1 Å². The van der Waals surface area contributed by atoms with Crippen LogP contribution in [0.5, 0.6) is 0 Å². The van der Waals surface area contributed by atoms with Gasteiger partial charge in [0.05, 0.1) is 11.0 Å². The third-order valence-corrected chi connectivity index (χ3v) is 15.5. The number of furan rings is 1. The van der Waals surface area contributed by atoms with E-state index in [-0.39, 0.29) is 16.2 Å². The zero-order valence-corrected chi connectivity index (χ0v) is 41.3. The number of nitrogens with zero attached hydrogens (tertiary/aromatic N) is 2. The summed E-state index contributed by atoms with van der Waals surface area (Å²) in [6.07, 6.45) is 0. The summed E-state index contributed by atoms with van der Waals surface area (Å²) in [6.45, 7) is 18.5. The van der Waals surface area contributed by atoms with Crippen LogP contribution in [0.2, 0.25) is 0 Å². The van der Waals surface area contributed by atoms with Crippen LogP contribution in [-0.2, 0) is 16.2 Å². The number of nitrogens with one attached hydrogen (secondary N) is 1. The number of hydrogen-bond acceptors (Lipinski definition) is 3. The van der Waals surface area contributed by atoms with Crippen LogP contribution in [0.3, 0.4) is 0 Å². The summed E-state index contributed by atoms with van der Waals surface area (Å²) in [5, 5.41) is 8.83. The fourth-order valence-electron chi connectivity index (χ4n) is 11.8. The molecule has 13 rings (SSSR count). The number of rotatable bonds is 6. The molecule has 0 atom stereocenters. The lowest BCUT2D eigenvalue weighted by Gasteiger charge is -2.29. The van der Waals surface area contributed by atoms with E-state index in [4.69, 9.17) is 4.42 Å². The van der Waals surface area contributed by atoms with Crippen molar-refractivity contribution in [2.24, 2.45) is 0 Å². The predicted molar refractivity (Wildman–Crippen MR) is 299 cm³/mol. The molecule has 11 aromatic rings. The standard InChI is InChI=1S/C65H56BN3O/c1-63(2,3)39-27-30-41(31-28-39)67-53-38-51-47(45-23-15-17-25-50(45)65(51,7)8)37-48(53)59-60-61-57(58-46-24-16-18-26-56(46)70-62(58)59)49-35-40(64(4,5)6)29-34-54(49)69(61)55-36-44(32-33-52(55)66-60)68(42-19-11-9-12-20-42)43-21-13-10-14-22-43/h9-38,66-67H,1-8H3. The third kappa shape index (κ3) is 6.37. The Morgan fingerprint density at radius 1 is 0.543 bits per heavy atom. The molecule has 0 unspecified atom stereocenters. The van der Waals surface area contributed by atoms with Crippen molar-refractivity contribution >= 4 is 90.4 Å². The maximum Gasteiger partial charge on any atom is 0.198 e. The van der Waals surface area contributed by atoms with Gasteiger partial charge < -0.3 is 19.2 Å². The number of fused-ring (bicyclic) bond motifs is 12. The minimum atomic E-state index is -0.189. The van der Waals surface area contributed by atoms with E-state index < -0.39 is 0 Å². The summed E-state index contributed by atoms with van der Waals surface area (Å²) < 4.78 is 9.94. The van der Waals surface area contributed by atoms with Gasteiger partial charge in [0.15, 0.2) is 7.28 Å². The van der Waals surface area contributed by atoms with Crippen molar-refractivity contribution in [2.75, 3.05) is 10.2 Å². The maximum absolute atomic E-state index is 7.35. The Morgan fingerprint density at radius 2 is 1.20 bits per heavy atom. The van der Waals surface area contributed by atoms with Gasteiger partial charge in [0.25, 0.3) is 0 Å². The normalized spacial score (nSPS) is 13.7. The second-order valence-corrected chi connectivity index (χ2v) is 22.3. The van der Waals surface area contributed by atoms with E-state index in [1.54, 1.807) is 0 Å². The Balaban J connectivity index is 1.16. The van der Waals surface area contributed by atoms with Crippen molar-refractivity contribution in [2.45, 2.75) is 71.6 Å². The predicted octanol–water partition coefficient (Wildman–Crippen LogP) is 16.2. The monoisotopic (exact) mass is 905 g/mol. The lowest BCUT2D eigenvalue weighted by molar-refractivity contribution is 0.590. The van der Waals surface area contributed by atoms with Crippen molar-refractivity contribution in [3.63, 3.8) is 0 Å². The molecule has 0 saturated carbocycles. The molecule has 4 nitrogen and oxygen atoms in total. The average Bonchev–Trinajstić information content (AvgIpc) is 3.98. The summed E-state index contributed by atoms with van der Waals surface area (Å²) in [4.78, 5) is 2.38. The Kier molecular flexibility index (Phi) is 9.15. The first-order chi connectivity index (χ1) is 33.7. The quantitative estimate of drug-likeness (QED) is 0.169. The smallest absolute Gasteiger partial charge is 0.198 e. The largest absolute Gasteiger partial charge is 0.455 e. The average molecular weight is 906 g/mol. The molecule has 340 valence electrons. The highest BCUT2D eigenvalue weighted by Crippen LogP contribution is 2.54. The van der Waals surface area contributed by atoms with Gasteiger partial charge in [-0.05, 0) is 129 Å². The number of hydrogen-bond donors (Lipinski definition) is 1. The van der Waals surface area contributed by atoms with Crippen LogP contribution in [0, 0.1) is 0 Å². The zero-order chi connectivity index (χ0) is 47.8. The van der Waals surface area contributed by atoms with Crippen molar-refractivity contribution in [3.8, 4) is 27.9 Å². The van der Waals surface area contributed by atoms with Crippen LogP contribution in [0.1, 0.15) is 77.6 Å². The van der Waals surface area contributed by atoms with E-state index in [9.17, 15) is 0 Å². The minimum Gasteiger partial charge on any atom is -0.455 e. The molecule has 0 spiro atoms. The number of aromatic nitrogens is 1. The SMILES string of the molecule is CC(C)(C)c1ccc(Nc2cc3c(cc2-c2c4c5c(c6cc(C(C)(C)C)ccc6n5-c5cc(N(c6ccccc6)c6ccccc6)ccc5B4)c4c2oc2ccccc24)-c2ccccc2C3(C)C)cc1. The third-order valence-electron chi connectivity index (χ3n) is 15.5. The number of para-hydroxylation sites is 3. The molecule has 2 aliphatic rings. The molecule has 1 aliphatic carbocycles. The zero-order valence-electron chi connectivity index (χ0n) is 41.3. The highest BCUT2D eigenvalue weighted by atomic mass is 16.3. The van der Waals surface area contributed by atoms with Gasteiger partial charge in [-0.25, -0.2) is 0 Å². The minimum absolute atomic E-state index is 0.0442. The van der Waals surface area contributed by atoms with Crippen molar-refractivity contribution in [1.82, 2.24) is 4.57 Å². The molecule has 3 heterocycles. The first-order valence-electron chi connectivity index (χ1n) is 24.9. The van der Waals surface area contributed by atoms with Gasteiger partial charge >= 0.3 is 0 Å². The van der Waals surface area contributed by atoms with Crippen molar-refractivity contribution < 1.29 is 4.42 Å². The molecule has 1 aliphatic heterocycles. The Hall–Kier alpha value is -7.76. The van der Waals surface area contributed by atoms with Crippen LogP contribution in [0.15, 0.2) is 186 Å². The highest BCUT2D eigenvalue weighted by molar-refractivity contribution is 6.74. The molecule has 5 heteroatoms. The Labute approximate surface area is 411 Å². The molecule has 0 saturated heterocycles. The molecular weight excluding hydrogens is 850 g/mol. The van der Waals surface area contributed by atoms with Gasteiger partial charge in [-0.15, -0.1) is 0 Å². The van der Waals surface area contributed by atoms with E-state index >= 15 is 0 Å². The fraction of sp³-hybridized carbons (Fsp3) is 0.169. The topological polar surface area (TPSA) is 33.3 Å². The van der Waals surface area contributed by atoms with Gasteiger partial charge in [-0.1, -0.05) is 164 Å². The first kappa shape index (κ1) is 42.4. The maximum atomic E-state index is 7.35. The summed E-state index contributed by atoms with van der Waals surface area (Å²) in [7, 11) is 0.729. The summed E-state index contributed by atoms with van der Waals surface area (Å²) in [5.41, 5.74) is 23.4. The van der Waals surface area contributed by atoms with E-state index in [0.29, 0.717) is 0 Å². The molecule has 1 N–H and O–H groups in total. The van der Waals surface area contributed by atoms with Crippen molar-refractivity contribution in [1.29, 1.82) is 0 Å². The van der Waals surface area contributed by atoms with Gasteiger partial charge in [0.2, 0.25) is 0 Å². The number of anilines is 5. The second kappa shape index (κ2) is 15.1.